The number of nitrogens with one attached hydrogen (secondary N) is 1. The predicted octanol–water partition coefficient (Wildman–Crippen LogP) is 9.30. The zero-order valence-corrected chi connectivity index (χ0v) is 62.2. The molecule has 5 N–H and O–H groups in total. The van der Waals surface area contributed by atoms with Gasteiger partial charge in [0.15, 0.2) is 5.78 Å². The number of piperidine rings is 1. The molecule has 100 heavy (non-hydrogen) atoms. The molecule has 2 aromatic rings. The van der Waals surface area contributed by atoms with Gasteiger partial charge in [0.25, 0.3) is 11.7 Å². The molecule has 5 heterocycles. The maximum atomic E-state index is 14.5. The molecule has 18 atom stereocenters. The number of ether oxygens (including phenoxy) is 6. The summed E-state index contributed by atoms with van der Waals surface area (Å²) >= 11 is 6.06. The number of piperazine rings is 1. The topological polar surface area (TPSA) is 286 Å². The minimum absolute atomic E-state index is 0.0158. The van der Waals surface area contributed by atoms with Crippen LogP contribution in [0.5, 0.6) is 0 Å². The molecule has 4 aliphatic heterocycles. The summed E-state index contributed by atoms with van der Waals surface area (Å²) in [6.45, 7) is 22.4. The van der Waals surface area contributed by atoms with Gasteiger partial charge in [-0.1, -0.05) is 116 Å². The number of aliphatic hydroxyl groups excluding tert-OH is 3. The monoisotopic (exact) mass is 1410 g/mol. The molecule has 1 aromatic carbocycles. The average molecular weight is 1420 g/mol. The highest BCUT2D eigenvalue weighted by atomic mass is 35.5. The number of aromatic nitrogens is 2. The molecule has 0 radical (unpaired) electrons. The van der Waals surface area contributed by atoms with E-state index in [2.05, 4.69) is 41.0 Å². The third kappa shape index (κ3) is 21.5. The van der Waals surface area contributed by atoms with Gasteiger partial charge in [0.2, 0.25) is 11.7 Å². The number of methoxy groups -OCH3 is 3. The highest BCUT2D eigenvalue weighted by molar-refractivity contribution is 6.39. The number of anilines is 1. The van der Waals surface area contributed by atoms with Crippen molar-refractivity contribution in [1.82, 2.24) is 25.1 Å². The Morgan fingerprint density at radius 1 is 0.800 bits per heavy atom. The van der Waals surface area contributed by atoms with E-state index in [9.17, 15) is 49.2 Å². The Kier molecular flexibility index (Phi) is 31.7. The Hall–Kier alpha value is -5.63. The Morgan fingerprint density at radius 3 is 2.19 bits per heavy atom. The minimum atomic E-state index is -2.43. The summed E-state index contributed by atoms with van der Waals surface area (Å²) in [4.78, 5) is 98.7. The van der Waals surface area contributed by atoms with Crippen molar-refractivity contribution >= 4 is 52.6 Å². The number of hydrogen-bond donors (Lipinski definition) is 5. The van der Waals surface area contributed by atoms with Gasteiger partial charge < -0.3 is 68.9 Å². The van der Waals surface area contributed by atoms with Crippen molar-refractivity contribution in [2.45, 2.75) is 231 Å². The fourth-order valence-corrected chi connectivity index (χ4v) is 15.3. The van der Waals surface area contributed by atoms with Gasteiger partial charge in [-0.2, -0.15) is 0 Å². The maximum Gasteiger partial charge on any atom is 0.329 e. The maximum absolute atomic E-state index is 14.5. The quantitative estimate of drug-likeness (QED) is 0.0630. The number of hydrogen-bond acceptors (Lipinski definition) is 20. The highest BCUT2D eigenvalue weighted by Crippen LogP contribution is 2.44. The third-order valence-corrected chi connectivity index (χ3v) is 21.6. The van der Waals surface area contributed by atoms with Crippen molar-refractivity contribution in [2.75, 3.05) is 78.7 Å². The first-order chi connectivity index (χ1) is 47.6. The van der Waals surface area contributed by atoms with Gasteiger partial charge in [0.1, 0.15) is 42.3 Å². The van der Waals surface area contributed by atoms with Gasteiger partial charge in [0.05, 0.1) is 55.3 Å². The van der Waals surface area contributed by atoms with Crippen LogP contribution in [0, 0.1) is 35.5 Å². The summed E-state index contributed by atoms with van der Waals surface area (Å²) in [5, 5.41) is 47.2. The van der Waals surface area contributed by atoms with Crippen LogP contribution in [-0.4, -0.2) is 210 Å². The third-order valence-electron chi connectivity index (χ3n) is 21.3. The van der Waals surface area contributed by atoms with Crippen LogP contribution in [0.1, 0.15) is 187 Å². The van der Waals surface area contributed by atoms with Crippen LogP contribution in [0.3, 0.4) is 0 Å². The number of carbonyl (C=O) groups excluding carboxylic acids is 6. The molecule has 556 valence electrons. The molecule has 4 fully saturated rings. The van der Waals surface area contributed by atoms with E-state index in [4.69, 9.17) is 40.0 Å². The number of halogens is 1. The normalized spacial score (nSPS) is 31.9. The van der Waals surface area contributed by atoms with Gasteiger partial charge in [-0.15, -0.1) is 0 Å². The lowest BCUT2D eigenvalue weighted by Crippen LogP contribution is -2.61. The second-order valence-corrected chi connectivity index (χ2v) is 29.7. The summed E-state index contributed by atoms with van der Waals surface area (Å²) in [6, 6.07) is 6.73. The predicted molar refractivity (Wildman–Crippen MR) is 382 cm³/mol. The number of carbonyl (C=O) groups is 6. The number of esters is 1. The molecule has 6 aliphatic rings. The van der Waals surface area contributed by atoms with E-state index in [0.29, 0.717) is 114 Å². The molecule has 23 heteroatoms. The van der Waals surface area contributed by atoms with E-state index in [1.165, 1.54) is 12.0 Å². The van der Waals surface area contributed by atoms with E-state index >= 15 is 0 Å². The van der Waals surface area contributed by atoms with Crippen molar-refractivity contribution < 1.29 is 77.6 Å². The smallest absolute Gasteiger partial charge is 0.329 e. The minimum Gasteiger partial charge on any atom is -0.460 e. The fraction of sp³-hybridized carbons (Fsp3) is 0.688. The van der Waals surface area contributed by atoms with E-state index in [0.717, 1.165) is 34.6 Å². The lowest BCUT2D eigenvalue weighted by atomic mass is 9.78. The number of ketones is 3. The lowest BCUT2D eigenvalue weighted by molar-refractivity contribution is -0.265. The number of fused-ring (bicyclic) bond motifs is 4. The largest absolute Gasteiger partial charge is 0.460 e. The first kappa shape index (κ1) is 81.7. The van der Waals surface area contributed by atoms with Crippen LogP contribution in [-0.2, 0) is 57.2 Å². The standard InChI is InChI=1S/C53H83NO14.C24H32ClN5O2/c1-32-16-12-11-13-17-33(2)44(63-8)30-40-21-19-38(7)53(62,68-40)50(59)51(60)54-23-15-14-18-41(54)52(61)67-45(35(4)28-39-20-22-43(66-25-24-55)46(29-39)64-9)31-42(56)34(3)27-37(6)48(58)49(65-10)47(57)36(5)26-32;1-15(2)26-13-19(17-4-6-18(25)7-5-17)24(32)30-10-8-29(9-11-30)23-21-16(3)12-20(31)22(21)27-14-28-23/h11-13,16-17,27,32,34-36,38-41,43-46,48-49,55,58,62H,14-15,18-26,28-31H2,1-10H3;4-7,14-16,19-20,26,31H,8-13H2,1-3H3. The molecule has 22 nitrogen and oxygen atoms in total. The number of rotatable bonds is 15. The van der Waals surface area contributed by atoms with Gasteiger partial charge in [0, 0.05) is 108 Å². The van der Waals surface area contributed by atoms with Crippen LogP contribution >= 0.6 is 11.6 Å². The number of allylic oxidation sites excluding steroid dienone is 6. The Balaban J connectivity index is 0.000000362. The molecule has 2 bridgehead atoms. The van der Waals surface area contributed by atoms with E-state index in [1.807, 2.05) is 87.2 Å². The number of aliphatic hydroxyl groups is 4. The number of nitrogens with zero attached hydrogens (tertiary/aromatic N) is 5. The molecule has 18 unspecified atom stereocenters. The lowest BCUT2D eigenvalue weighted by Gasteiger charge is -2.42. The first-order valence-corrected chi connectivity index (χ1v) is 36.8. The van der Waals surface area contributed by atoms with Crippen molar-refractivity contribution in [3.05, 3.63) is 100 Å². The number of amides is 2. The van der Waals surface area contributed by atoms with Crippen molar-refractivity contribution in [2.24, 2.45) is 35.5 Å². The van der Waals surface area contributed by atoms with Crippen LogP contribution < -0.4 is 10.2 Å². The summed E-state index contributed by atoms with van der Waals surface area (Å²) in [7, 11) is 4.58. The zero-order chi connectivity index (χ0) is 73.1. The molecule has 2 amide bonds. The Bertz CT molecular complexity index is 3150. The fourth-order valence-electron chi connectivity index (χ4n) is 15.2. The average Bonchev–Trinajstić information content (AvgIpc) is 1.32. The Morgan fingerprint density at radius 2 is 1.52 bits per heavy atom. The van der Waals surface area contributed by atoms with Gasteiger partial charge in [-0.25, -0.2) is 14.8 Å². The van der Waals surface area contributed by atoms with Crippen LogP contribution in [0.15, 0.2) is 78.2 Å². The molecular weight excluding hydrogens is 1300 g/mol. The van der Waals surface area contributed by atoms with E-state index < -0.39 is 83.9 Å². The second-order valence-electron chi connectivity index (χ2n) is 29.3. The number of Topliss-reactive ketones (excluding diaryl/α,β-unsaturated/α-hetero) is 3. The van der Waals surface area contributed by atoms with E-state index in [1.54, 1.807) is 47.4 Å². The summed E-state index contributed by atoms with van der Waals surface area (Å²) in [5.74, 6) is -6.94. The zero-order valence-electron chi connectivity index (χ0n) is 61.4. The van der Waals surface area contributed by atoms with Gasteiger partial charge in [-0.05, 0) is 137 Å². The summed E-state index contributed by atoms with van der Waals surface area (Å²) in [5.41, 5.74) is 4.05. The molecule has 2 aliphatic carbocycles. The summed E-state index contributed by atoms with van der Waals surface area (Å²) in [6.07, 6.45) is 13.7. The number of benzene rings is 1. The van der Waals surface area contributed by atoms with Gasteiger partial charge >= 0.3 is 5.97 Å². The van der Waals surface area contributed by atoms with E-state index in [-0.39, 0.29) is 91.9 Å². The molecule has 0 spiro atoms. The van der Waals surface area contributed by atoms with Crippen molar-refractivity contribution in [3.63, 3.8) is 0 Å². The molecule has 1 saturated carbocycles. The Labute approximate surface area is 598 Å². The summed E-state index contributed by atoms with van der Waals surface area (Å²) < 4.78 is 35.6. The second kappa shape index (κ2) is 38.8. The van der Waals surface area contributed by atoms with Crippen molar-refractivity contribution in [1.29, 1.82) is 0 Å². The SMILES string of the molecule is CC(C)NCC(C(=O)N1CCN(c2ncnc3c2C(C)CC3O)CC1)c1ccc(Cl)cc1.COC1CC2CCC(C)C(O)(O2)C(=O)C(=O)N2CCCCC2C(=O)OC(C(C)CC2CCC(OCCO)C(OC)C2)CC(=O)C(C)C=C(C)C(O)C(OC)C(=O)C(C)CC(C)C=CC=CC=C1C. The van der Waals surface area contributed by atoms with Crippen LogP contribution in [0.4, 0.5) is 5.82 Å². The molecular formula is C77H115ClN6O16. The van der Waals surface area contributed by atoms with Gasteiger partial charge in [-0.3, -0.25) is 24.0 Å². The van der Waals surface area contributed by atoms with Crippen LogP contribution in [0.25, 0.3) is 0 Å². The van der Waals surface area contributed by atoms with Crippen LogP contribution in [0.2, 0.25) is 5.02 Å². The molecule has 1 aromatic heterocycles. The van der Waals surface area contributed by atoms with Crippen molar-refractivity contribution in [3.8, 4) is 0 Å². The highest BCUT2D eigenvalue weighted by Gasteiger charge is 2.53. The number of cyclic esters (lactones) is 1. The molecule has 3 saturated heterocycles. The molecule has 8 rings (SSSR count). The first-order valence-electron chi connectivity index (χ1n) is 36.4.